The fourth-order valence-electron chi connectivity index (χ4n) is 3.64. The van der Waals surface area contributed by atoms with Gasteiger partial charge in [-0.15, -0.1) is 0 Å². The maximum atomic E-state index is 12.4. The summed E-state index contributed by atoms with van der Waals surface area (Å²) in [4.78, 5) is 21.3. The Balaban J connectivity index is 1.83. The average molecular weight is 424 g/mol. The van der Waals surface area contributed by atoms with Crippen molar-refractivity contribution in [3.05, 3.63) is 60.6 Å². The number of aliphatic imine (C=N–C) groups is 1. The largest absolute Gasteiger partial charge is 0.494 e. The van der Waals surface area contributed by atoms with Crippen molar-refractivity contribution in [3.8, 4) is 11.4 Å². The van der Waals surface area contributed by atoms with Crippen LogP contribution in [0.2, 0.25) is 0 Å². The molecule has 2 aromatic rings. The molecule has 1 heterocycles. The smallest absolute Gasteiger partial charge is 0.315 e. The van der Waals surface area contributed by atoms with Gasteiger partial charge in [0.1, 0.15) is 11.6 Å². The first-order valence-corrected chi connectivity index (χ1v) is 10.3. The zero-order valence-corrected chi connectivity index (χ0v) is 18.2. The van der Waals surface area contributed by atoms with Crippen molar-refractivity contribution in [1.82, 2.24) is 9.55 Å². The van der Waals surface area contributed by atoms with E-state index in [9.17, 15) is 4.79 Å². The number of allylic oxidation sites excluding steroid dienone is 1. The van der Waals surface area contributed by atoms with Crippen LogP contribution in [0.25, 0.3) is 5.69 Å². The van der Waals surface area contributed by atoms with Crippen LogP contribution in [0.5, 0.6) is 5.75 Å². The zero-order valence-electron chi connectivity index (χ0n) is 18.2. The van der Waals surface area contributed by atoms with Gasteiger partial charge in [-0.05, 0) is 57.0 Å². The second kappa shape index (κ2) is 9.97. The van der Waals surface area contributed by atoms with E-state index in [0.29, 0.717) is 30.3 Å². The highest BCUT2D eigenvalue weighted by Crippen LogP contribution is 2.30. The minimum atomic E-state index is -0.441. The van der Waals surface area contributed by atoms with E-state index in [4.69, 9.17) is 15.2 Å². The molecule has 164 valence electrons. The highest BCUT2D eigenvalue weighted by atomic mass is 16.5. The Kier molecular flexibility index (Phi) is 7.12. The van der Waals surface area contributed by atoms with Crippen LogP contribution in [-0.4, -0.2) is 34.9 Å². The first kappa shape index (κ1) is 22.1. The van der Waals surface area contributed by atoms with Gasteiger partial charge in [0.25, 0.3) is 0 Å². The lowest BCUT2D eigenvalue weighted by Gasteiger charge is -2.25. The van der Waals surface area contributed by atoms with Crippen LogP contribution >= 0.6 is 0 Å². The van der Waals surface area contributed by atoms with Crippen LogP contribution in [0.1, 0.15) is 31.9 Å². The van der Waals surface area contributed by atoms with Crippen LogP contribution in [0, 0.1) is 12.8 Å². The molecule has 1 saturated carbocycles. The number of carbonyl (C=O) groups excluding carboxylic acids is 1. The molecule has 3 rings (SSSR count). The number of imidazole rings is 1. The number of aryl methyl sites for hydroxylation is 1. The molecular formula is C23H29N5O3. The number of nitrogens with zero attached hydrogens (tertiary/aromatic N) is 3. The molecular weight excluding hydrogens is 394 g/mol. The van der Waals surface area contributed by atoms with Gasteiger partial charge in [0.15, 0.2) is 0 Å². The lowest BCUT2D eigenvalue weighted by Crippen LogP contribution is -2.31. The van der Waals surface area contributed by atoms with Crippen molar-refractivity contribution < 1.29 is 14.3 Å². The Hall–Kier alpha value is -3.55. The molecule has 1 aliphatic rings. The summed E-state index contributed by atoms with van der Waals surface area (Å²) >= 11 is 0. The van der Waals surface area contributed by atoms with Gasteiger partial charge in [0.05, 0.1) is 43.1 Å². The van der Waals surface area contributed by atoms with Gasteiger partial charge in [-0.25, -0.2) is 9.98 Å². The second-order valence-corrected chi connectivity index (χ2v) is 7.27. The number of carbonyl (C=O) groups is 1. The average Bonchev–Trinajstić information content (AvgIpc) is 3.19. The first-order valence-electron chi connectivity index (χ1n) is 10.3. The number of esters is 1. The molecule has 8 heteroatoms. The topological polar surface area (TPSA) is 104 Å². The van der Waals surface area contributed by atoms with E-state index in [1.54, 1.807) is 20.4 Å². The molecule has 0 aliphatic heterocycles. The molecule has 1 aromatic heterocycles. The number of benzene rings is 1. The summed E-state index contributed by atoms with van der Waals surface area (Å²) < 4.78 is 12.7. The van der Waals surface area contributed by atoms with Crippen LogP contribution in [0.4, 0.5) is 5.69 Å². The molecule has 0 bridgehead atoms. The maximum absolute atomic E-state index is 12.4. The van der Waals surface area contributed by atoms with E-state index in [0.717, 1.165) is 35.5 Å². The monoisotopic (exact) mass is 423 g/mol. The Morgan fingerprint density at radius 1 is 1.48 bits per heavy atom. The SMILES string of the molecule is C=C(N=C1/C(=C\N)CCCC1C(=O)OCC)Nc1ccc(-n2cnc(C)c2)c(OC)c1. The van der Waals surface area contributed by atoms with Crippen molar-refractivity contribution in [2.24, 2.45) is 16.6 Å². The summed E-state index contributed by atoms with van der Waals surface area (Å²) in [6, 6.07) is 5.69. The van der Waals surface area contributed by atoms with E-state index in [1.807, 2.05) is 35.9 Å². The second-order valence-electron chi connectivity index (χ2n) is 7.27. The van der Waals surface area contributed by atoms with E-state index in [2.05, 4.69) is 21.9 Å². The number of rotatable bonds is 7. The van der Waals surface area contributed by atoms with Crippen molar-refractivity contribution in [1.29, 1.82) is 0 Å². The Morgan fingerprint density at radius 2 is 2.29 bits per heavy atom. The summed E-state index contributed by atoms with van der Waals surface area (Å²) in [5.41, 5.74) is 9.80. The molecule has 0 spiro atoms. The van der Waals surface area contributed by atoms with E-state index < -0.39 is 5.92 Å². The summed E-state index contributed by atoms with van der Waals surface area (Å²) in [5, 5.41) is 3.18. The molecule has 0 amide bonds. The minimum absolute atomic E-state index is 0.283. The summed E-state index contributed by atoms with van der Waals surface area (Å²) in [7, 11) is 1.62. The molecule has 1 unspecified atom stereocenters. The van der Waals surface area contributed by atoms with Gasteiger partial charge in [0.2, 0.25) is 0 Å². The number of nitrogens with two attached hydrogens (primary N) is 1. The standard InChI is InChI=1S/C23H29N5O3/c1-5-31-23(29)19-8-6-7-17(12-24)22(19)27-16(3)26-18-9-10-20(21(11-18)30-4)28-13-15(2)25-14-28/h9-14,19,26H,3,5-8,24H2,1-2,4H3/b17-12-,27-22?. The van der Waals surface area contributed by atoms with Gasteiger partial charge in [-0.3, -0.25) is 4.79 Å². The predicted molar refractivity (Wildman–Crippen MR) is 121 cm³/mol. The summed E-state index contributed by atoms with van der Waals surface area (Å²) in [5.74, 6) is 0.351. The zero-order chi connectivity index (χ0) is 22.4. The van der Waals surface area contributed by atoms with E-state index >= 15 is 0 Å². The van der Waals surface area contributed by atoms with Gasteiger partial charge in [0, 0.05) is 18.0 Å². The van der Waals surface area contributed by atoms with Gasteiger partial charge in [-0.1, -0.05) is 6.58 Å². The molecule has 1 fully saturated rings. The summed E-state index contributed by atoms with van der Waals surface area (Å²) in [6.45, 7) is 8.07. The van der Waals surface area contributed by atoms with Crippen molar-refractivity contribution in [2.75, 3.05) is 19.0 Å². The highest BCUT2D eigenvalue weighted by Gasteiger charge is 2.31. The Bertz CT molecular complexity index is 1020. The Morgan fingerprint density at radius 3 is 2.94 bits per heavy atom. The fraction of sp³-hybridized carbons (Fsp3) is 0.348. The van der Waals surface area contributed by atoms with Crippen molar-refractivity contribution in [2.45, 2.75) is 33.1 Å². The number of ether oxygens (including phenoxy) is 2. The normalized spacial score (nSPS) is 18.7. The first-order chi connectivity index (χ1) is 15.0. The third-order valence-electron chi connectivity index (χ3n) is 5.08. The van der Waals surface area contributed by atoms with E-state index in [1.165, 1.54) is 6.20 Å². The molecule has 1 atom stereocenters. The van der Waals surface area contributed by atoms with Crippen LogP contribution in [-0.2, 0) is 9.53 Å². The molecule has 3 N–H and O–H groups in total. The molecule has 1 aromatic carbocycles. The molecule has 1 aliphatic carbocycles. The number of methoxy groups -OCH3 is 1. The number of hydrogen-bond donors (Lipinski definition) is 2. The quantitative estimate of drug-likeness (QED) is 0.658. The fourth-order valence-corrected chi connectivity index (χ4v) is 3.64. The molecule has 8 nitrogen and oxygen atoms in total. The minimum Gasteiger partial charge on any atom is -0.494 e. The van der Waals surface area contributed by atoms with Gasteiger partial charge in [-0.2, -0.15) is 0 Å². The molecule has 31 heavy (non-hydrogen) atoms. The third kappa shape index (κ3) is 5.14. The number of nitrogens with one attached hydrogen (secondary N) is 1. The number of aromatic nitrogens is 2. The molecule has 0 radical (unpaired) electrons. The predicted octanol–water partition coefficient (Wildman–Crippen LogP) is 3.72. The van der Waals surface area contributed by atoms with Crippen LogP contribution < -0.4 is 15.8 Å². The van der Waals surface area contributed by atoms with Crippen molar-refractivity contribution in [3.63, 3.8) is 0 Å². The van der Waals surface area contributed by atoms with Crippen molar-refractivity contribution >= 4 is 17.4 Å². The Labute approximate surface area is 182 Å². The maximum Gasteiger partial charge on any atom is 0.315 e. The third-order valence-corrected chi connectivity index (χ3v) is 5.08. The van der Waals surface area contributed by atoms with Crippen LogP contribution in [0.3, 0.4) is 0 Å². The summed E-state index contributed by atoms with van der Waals surface area (Å²) in [6.07, 6.45) is 7.49. The lowest BCUT2D eigenvalue weighted by atomic mass is 9.83. The van der Waals surface area contributed by atoms with Gasteiger partial charge >= 0.3 is 5.97 Å². The number of anilines is 1. The van der Waals surface area contributed by atoms with Gasteiger partial charge < -0.3 is 25.1 Å². The molecule has 0 saturated heterocycles. The lowest BCUT2D eigenvalue weighted by molar-refractivity contribution is -0.145. The van der Waals surface area contributed by atoms with Crippen LogP contribution in [0.15, 0.2) is 59.9 Å². The van der Waals surface area contributed by atoms with E-state index in [-0.39, 0.29) is 5.97 Å². The highest BCUT2D eigenvalue weighted by molar-refractivity contribution is 6.12. The number of hydrogen-bond acceptors (Lipinski definition) is 7.